The van der Waals surface area contributed by atoms with Crippen molar-refractivity contribution in [1.82, 2.24) is 25.1 Å². The number of carbonyl (C=O) groups is 2. The number of urea groups is 1. The first-order valence-electron chi connectivity index (χ1n) is 9.85. The molecule has 0 unspecified atom stereocenters. The van der Waals surface area contributed by atoms with E-state index in [1.807, 2.05) is 54.6 Å². The summed E-state index contributed by atoms with van der Waals surface area (Å²) in [5.41, 5.74) is 2.22. The molecule has 0 aliphatic carbocycles. The molecule has 2 heterocycles. The summed E-state index contributed by atoms with van der Waals surface area (Å²) in [7, 11) is 1.76. The van der Waals surface area contributed by atoms with Gasteiger partial charge in [-0.3, -0.25) is 4.79 Å². The number of anilines is 2. The Balaban J connectivity index is 1.39. The van der Waals surface area contributed by atoms with E-state index in [1.54, 1.807) is 16.6 Å². The molecule has 1 atom stereocenters. The molecule has 0 bridgehead atoms. The predicted octanol–water partition coefficient (Wildman–Crippen LogP) is 2.76. The molecule has 1 saturated heterocycles. The van der Waals surface area contributed by atoms with Crippen LogP contribution in [0.1, 0.15) is 12.8 Å². The Kier molecular flexibility index (Phi) is 5.69. The quantitative estimate of drug-likeness (QED) is 0.694. The van der Waals surface area contributed by atoms with Crippen LogP contribution in [0.4, 0.5) is 16.2 Å². The molecule has 1 aromatic heterocycles. The molecule has 0 saturated carbocycles. The maximum absolute atomic E-state index is 12.8. The fraction of sp³-hybridized carbons (Fsp3) is 0.286. The lowest BCUT2D eigenvalue weighted by Gasteiger charge is -2.32. The number of para-hydroxylation sites is 1. The van der Waals surface area contributed by atoms with Crippen LogP contribution in [0.3, 0.4) is 0 Å². The van der Waals surface area contributed by atoms with Gasteiger partial charge in [0.15, 0.2) is 5.82 Å². The molecule has 3 aromatic rings. The molecule has 154 valence electrons. The maximum Gasteiger partial charge on any atom is 0.321 e. The largest absolute Gasteiger partial charge is 0.326 e. The molecule has 2 N–H and O–H groups in total. The van der Waals surface area contributed by atoms with E-state index in [4.69, 9.17) is 0 Å². The van der Waals surface area contributed by atoms with Gasteiger partial charge in [0, 0.05) is 37.1 Å². The van der Waals surface area contributed by atoms with Gasteiger partial charge in [0.2, 0.25) is 5.91 Å². The smallest absolute Gasteiger partial charge is 0.321 e. The van der Waals surface area contributed by atoms with Gasteiger partial charge in [-0.1, -0.05) is 30.3 Å². The molecule has 3 amide bonds. The number of likely N-dealkylation sites (tertiary alicyclic amines) is 1. The third kappa shape index (κ3) is 4.45. The summed E-state index contributed by atoms with van der Waals surface area (Å²) in [6.45, 7) is 1.01. The molecule has 0 radical (unpaired) electrons. The highest BCUT2D eigenvalue weighted by Gasteiger charge is 2.28. The summed E-state index contributed by atoms with van der Waals surface area (Å²) in [5.74, 6) is 0.318. The average molecular weight is 405 g/mol. The van der Waals surface area contributed by atoms with Crippen LogP contribution in [0.2, 0.25) is 0 Å². The monoisotopic (exact) mass is 405 g/mol. The van der Waals surface area contributed by atoms with Gasteiger partial charge >= 0.3 is 6.03 Å². The molecular weight excluding hydrogens is 382 g/mol. The van der Waals surface area contributed by atoms with Crippen molar-refractivity contribution in [2.45, 2.75) is 12.8 Å². The number of benzene rings is 2. The maximum atomic E-state index is 12.8. The first-order chi connectivity index (χ1) is 14.6. The number of carbonyl (C=O) groups excluding carboxylic acids is 2. The Morgan fingerprint density at radius 1 is 1.03 bits per heavy atom. The lowest BCUT2D eigenvalue weighted by Crippen LogP contribution is -2.45. The van der Waals surface area contributed by atoms with Crippen LogP contribution in [-0.4, -0.2) is 50.1 Å². The third-order valence-electron chi connectivity index (χ3n) is 5.11. The van der Waals surface area contributed by atoms with Crippen molar-refractivity contribution < 1.29 is 9.59 Å². The number of nitrogens with one attached hydrogen (secondary N) is 2. The van der Waals surface area contributed by atoms with Crippen LogP contribution in [0, 0.1) is 5.92 Å². The number of tetrazole rings is 1. The second kappa shape index (κ2) is 8.73. The van der Waals surface area contributed by atoms with Crippen molar-refractivity contribution in [2.24, 2.45) is 13.0 Å². The average Bonchev–Trinajstić information content (AvgIpc) is 3.20. The van der Waals surface area contributed by atoms with Gasteiger partial charge < -0.3 is 15.5 Å². The van der Waals surface area contributed by atoms with E-state index in [2.05, 4.69) is 26.2 Å². The molecular formula is C21H23N7O2. The van der Waals surface area contributed by atoms with E-state index in [-0.39, 0.29) is 17.9 Å². The fourth-order valence-electron chi connectivity index (χ4n) is 3.55. The van der Waals surface area contributed by atoms with Gasteiger partial charge in [-0.05, 0) is 47.5 Å². The Labute approximate surface area is 174 Å². The molecule has 1 aliphatic rings. The topological polar surface area (TPSA) is 105 Å². The molecule has 1 aliphatic heterocycles. The van der Waals surface area contributed by atoms with Crippen LogP contribution >= 0.6 is 0 Å². The van der Waals surface area contributed by atoms with Gasteiger partial charge in [0.1, 0.15) is 0 Å². The van der Waals surface area contributed by atoms with Crippen LogP contribution in [-0.2, 0) is 11.8 Å². The molecule has 2 aromatic carbocycles. The van der Waals surface area contributed by atoms with Crippen molar-refractivity contribution >= 4 is 23.3 Å². The van der Waals surface area contributed by atoms with E-state index in [0.717, 1.165) is 24.1 Å². The minimum absolute atomic E-state index is 0.0597. The summed E-state index contributed by atoms with van der Waals surface area (Å²) < 4.78 is 1.57. The lowest BCUT2D eigenvalue weighted by molar-refractivity contribution is -0.121. The Hall–Kier alpha value is -3.75. The van der Waals surface area contributed by atoms with Gasteiger partial charge in [-0.25, -0.2) is 9.48 Å². The van der Waals surface area contributed by atoms with E-state index in [9.17, 15) is 9.59 Å². The van der Waals surface area contributed by atoms with Gasteiger partial charge in [0.25, 0.3) is 0 Å². The van der Waals surface area contributed by atoms with Crippen LogP contribution < -0.4 is 10.6 Å². The third-order valence-corrected chi connectivity index (χ3v) is 5.11. The normalized spacial score (nSPS) is 16.2. The highest BCUT2D eigenvalue weighted by Crippen LogP contribution is 2.22. The van der Waals surface area contributed by atoms with Crippen molar-refractivity contribution in [3.8, 4) is 11.4 Å². The number of rotatable bonds is 4. The molecule has 9 nitrogen and oxygen atoms in total. The summed E-state index contributed by atoms with van der Waals surface area (Å²) in [4.78, 5) is 27.1. The molecule has 4 rings (SSSR count). The van der Waals surface area contributed by atoms with Crippen LogP contribution in [0.25, 0.3) is 11.4 Å². The second-order valence-corrected chi connectivity index (χ2v) is 7.28. The van der Waals surface area contributed by atoms with E-state index >= 15 is 0 Å². The molecule has 1 fully saturated rings. The van der Waals surface area contributed by atoms with Crippen molar-refractivity contribution in [1.29, 1.82) is 0 Å². The first kappa shape index (κ1) is 19.6. The number of aryl methyl sites for hydroxylation is 1. The van der Waals surface area contributed by atoms with Crippen LogP contribution in [0.15, 0.2) is 54.6 Å². The Morgan fingerprint density at radius 3 is 2.60 bits per heavy atom. The van der Waals surface area contributed by atoms with Crippen molar-refractivity contribution in [3.63, 3.8) is 0 Å². The zero-order valence-corrected chi connectivity index (χ0v) is 16.7. The first-order valence-corrected chi connectivity index (χ1v) is 9.85. The van der Waals surface area contributed by atoms with Gasteiger partial charge in [-0.2, -0.15) is 0 Å². The molecule has 30 heavy (non-hydrogen) atoms. The second-order valence-electron chi connectivity index (χ2n) is 7.28. The fourth-order valence-corrected chi connectivity index (χ4v) is 3.55. The summed E-state index contributed by atoms with van der Waals surface area (Å²) in [6, 6.07) is 16.5. The molecule has 9 heteroatoms. The zero-order chi connectivity index (χ0) is 20.9. The number of hydrogen-bond donors (Lipinski definition) is 2. The minimum Gasteiger partial charge on any atom is -0.326 e. The van der Waals surface area contributed by atoms with Crippen molar-refractivity contribution in [3.05, 3.63) is 54.6 Å². The predicted molar refractivity (Wildman–Crippen MR) is 113 cm³/mol. The number of nitrogens with zero attached hydrogens (tertiary/aromatic N) is 5. The summed E-state index contributed by atoms with van der Waals surface area (Å²) in [6.07, 6.45) is 1.54. The Bertz CT molecular complexity index is 1030. The number of amides is 3. The highest BCUT2D eigenvalue weighted by atomic mass is 16.2. The summed E-state index contributed by atoms with van der Waals surface area (Å²) >= 11 is 0. The number of hydrogen-bond acceptors (Lipinski definition) is 5. The lowest BCUT2D eigenvalue weighted by atomic mass is 9.97. The van der Waals surface area contributed by atoms with E-state index in [0.29, 0.717) is 24.6 Å². The number of piperidine rings is 1. The van der Waals surface area contributed by atoms with E-state index < -0.39 is 0 Å². The summed E-state index contributed by atoms with van der Waals surface area (Å²) in [5, 5.41) is 17.3. The SMILES string of the molecule is Cn1nnnc1-c1cccc(NC(=O)N2CCC[C@H](C(=O)Nc3ccccc3)C2)c1. The van der Waals surface area contributed by atoms with Gasteiger partial charge in [0.05, 0.1) is 5.92 Å². The zero-order valence-electron chi connectivity index (χ0n) is 16.7. The molecule has 0 spiro atoms. The van der Waals surface area contributed by atoms with Crippen molar-refractivity contribution in [2.75, 3.05) is 23.7 Å². The van der Waals surface area contributed by atoms with E-state index in [1.165, 1.54) is 0 Å². The van der Waals surface area contributed by atoms with Crippen LogP contribution in [0.5, 0.6) is 0 Å². The standard InChI is InChI=1S/C21H23N7O2/c1-27-19(24-25-26-27)15-7-5-11-18(13-15)23-21(30)28-12-6-8-16(14-28)20(29)22-17-9-3-2-4-10-17/h2-5,7,9-11,13,16H,6,8,12,14H2,1H3,(H,22,29)(H,23,30)/t16-/m0/s1. The number of aromatic nitrogens is 4. The minimum atomic E-state index is -0.235. The van der Waals surface area contributed by atoms with Gasteiger partial charge in [-0.15, -0.1) is 5.10 Å². The Morgan fingerprint density at radius 2 is 1.83 bits per heavy atom. The highest BCUT2D eigenvalue weighted by molar-refractivity contribution is 5.94.